The van der Waals surface area contributed by atoms with Crippen LogP contribution in [-0.4, -0.2) is 17.4 Å². The Morgan fingerprint density at radius 3 is 2.54 bits per heavy atom. The third-order valence-electron chi connectivity index (χ3n) is 1.84. The number of hydrogen-bond donors (Lipinski definition) is 1. The summed E-state index contributed by atoms with van der Waals surface area (Å²) in [6.07, 6.45) is 3.51. The van der Waals surface area contributed by atoms with Gasteiger partial charge in [0.05, 0.1) is 0 Å². The fourth-order valence-corrected chi connectivity index (χ4v) is 1.05. The first kappa shape index (κ1) is 12.2. The van der Waals surface area contributed by atoms with Crippen molar-refractivity contribution in [3.05, 3.63) is 0 Å². The first-order valence-electron chi connectivity index (χ1n) is 4.76. The maximum Gasteiger partial charge on any atom is 0.537 e. The minimum absolute atomic E-state index is 0.0948. The highest BCUT2D eigenvalue weighted by Crippen LogP contribution is 2.10. The molecule has 0 aromatic heterocycles. The van der Waals surface area contributed by atoms with Crippen LogP contribution in [-0.2, 0) is 9.78 Å². The molecule has 1 N–H and O–H groups in total. The normalized spacial score (nSPS) is 12.5. The minimum Gasteiger partial charge on any atom is -0.448 e. The summed E-state index contributed by atoms with van der Waals surface area (Å²) in [5.41, 5.74) is 0. The highest BCUT2D eigenvalue weighted by molar-refractivity contribution is 5.55. The van der Waals surface area contributed by atoms with Gasteiger partial charge in [-0.1, -0.05) is 33.1 Å². The lowest BCUT2D eigenvalue weighted by Crippen LogP contribution is -2.14. The lowest BCUT2D eigenvalue weighted by Gasteiger charge is -2.11. The molecule has 0 bridgehead atoms. The molecule has 0 aliphatic heterocycles. The van der Waals surface area contributed by atoms with Gasteiger partial charge in [0, 0.05) is 0 Å². The summed E-state index contributed by atoms with van der Waals surface area (Å²) in [7, 11) is 0. The Labute approximate surface area is 78.8 Å². The van der Waals surface area contributed by atoms with Crippen molar-refractivity contribution in [3.8, 4) is 0 Å². The van der Waals surface area contributed by atoms with Crippen LogP contribution in [0.15, 0.2) is 0 Å². The van der Waals surface area contributed by atoms with Gasteiger partial charge in [-0.3, -0.25) is 4.89 Å². The van der Waals surface area contributed by atoms with Crippen molar-refractivity contribution in [2.24, 2.45) is 0 Å². The van der Waals surface area contributed by atoms with Crippen LogP contribution in [0.3, 0.4) is 0 Å². The second-order valence-electron chi connectivity index (χ2n) is 2.97. The lowest BCUT2D eigenvalue weighted by atomic mass is 10.1. The highest BCUT2D eigenvalue weighted by atomic mass is 17.2. The molecule has 0 fully saturated rings. The van der Waals surface area contributed by atoms with E-state index in [9.17, 15) is 4.79 Å². The summed E-state index contributed by atoms with van der Waals surface area (Å²) in [5.74, 6) is 0. The standard InChI is InChI=1S/C9H18O4/c1-3-5-6-7-8(4-2)12-13-9(10)11/h8H,3-7H2,1-2H3,(H,10,11). The Bertz CT molecular complexity index is 136. The number of carbonyl (C=O) groups is 1. The average Bonchev–Trinajstić information content (AvgIpc) is 2.10. The lowest BCUT2D eigenvalue weighted by molar-refractivity contribution is -0.285. The van der Waals surface area contributed by atoms with Crippen LogP contribution < -0.4 is 0 Å². The molecule has 0 amide bonds. The van der Waals surface area contributed by atoms with E-state index in [1.165, 1.54) is 0 Å². The maximum atomic E-state index is 10.0. The van der Waals surface area contributed by atoms with Gasteiger partial charge in [0.25, 0.3) is 0 Å². The molecule has 0 aliphatic rings. The minimum atomic E-state index is -1.38. The molecule has 0 aromatic rings. The Morgan fingerprint density at radius 2 is 2.08 bits per heavy atom. The van der Waals surface area contributed by atoms with E-state index in [1.807, 2.05) is 6.92 Å². The molecule has 0 spiro atoms. The summed E-state index contributed by atoms with van der Waals surface area (Å²) >= 11 is 0. The van der Waals surface area contributed by atoms with E-state index < -0.39 is 6.16 Å². The molecule has 0 aliphatic carbocycles. The van der Waals surface area contributed by atoms with Crippen LogP contribution in [0.4, 0.5) is 4.79 Å². The van der Waals surface area contributed by atoms with E-state index >= 15 is 0 Å². The Balaban J connectivity index is 3.45. The molecule has 78 valence electrons. The Kier molecular flexibility index (Phi) is 7.39. The zero-order valence-electron chi connectivity index (χ0n) is 8.28. The summed E-state index contributed by atoms with van der Waals surface area (Å²) < 4.78 is 0. The molecular weight excluding hydrogens is 172 g/mol. The van der Waals surface area contributed by atoms with Crippen molar-refractivity contribution in [1.29, 1.82) is 0 Å². The molecule has 0 saturated heterocycles. The summed E-state index contributed by atoms with van der Waals surface area (Å²) in [6.45, 7) is 4.07. The maximum absolute atomic E-state index is 10.0. The van der Waals surface area contributed by atoms with Gasteiger partial charge in [-0.2, -0.15) is 4.89 Å². The highest BCUT2D eigenvalue weighted by Gasteiger charge is 2.09. The largest absolute Gasteiger partial charge is 0.537 e. The van der Waals surface area contributed by atoms with Gasteiger partial charge in [0.1, 0.15) is 6.10 Å². The number of carboxylic acid groups (broad SMARTS) is 1. The van der Waals surface area contributed by atoms with Crippen LogP contribution in [0.1, 0.15) is 46.0 Å². The van der Waals surface area contributed by atoms with Crippen molar-refractivity contribution in [3.63, 3.8) is 0 Å². The smallest absolute Gasteiger partial charge is 0.448 e. The molecular formula is C9H18O4. The molecule has 13 heavy (non-hydrogen) atoms. The fraction of sp³-hybridized carbons (Fsp3) is 0.889. The van der Waals surface area contributed by atoms with Crippen molar-refractivity contribution in [1.82, 2.24) is 0 Å². The van der Waals surface area contributed by atoms with Crippen molar-refractivity contribution in [2.75, 3.05) is 0 Å². The summed E-state index contributed by atoms with van der Waals surface area (Å²) in [5, 5.41) is 8.18. The number of unbranched alkanes of at least 4 members (excludes halogenated alkanes) is 2. The van der Waals surface area contributed by atoms with Crippen molar-refractivity contribution < 1.29 is 19.7 Å². The Hall–Kier alpha value is -0.770. The van der Waals surface area contributed by atoms with E-state index in [0.717, 1.165) is 32.1 Å². The van der Waals surface area contributed by atoms with Crippen molar-refractivity contribution >= 4 is 6.16 Å². The number of rotatable bonds is 7. The molecule has 0 heterocycles. The number of hydrogen-bond acceptors (Lipinski definition) is 3. The Morgan fingerprint density at radius 1 is 1.38 bits per heavy atom. The van der Waals surface area contributed by atoms with E-state index in [-0.39, 0.29) is 6.10 Å². The monoisotopic (exact) mass is 190 g/mol. The van der Waals surface area contributed by atoms with Crippen LogP contribution in [0.25, 0.3) is 0 Å². The fourth-order valence-electron chi connectivity index (χ4n) is 1.05. The molecule has 0 aromatic carbocycles. The molecule has 1 atom stereocenters. The van der Waals surface area contributed by atoms with Gasteiger partial charge in [0.2, 0.25) is 0 Å². The molecule has 0 rings (SSSR count). The summed E-state index contributed by atoms with van der Waals surface area (Å²) in [6, 6.07) is 0. The quantitative estimate of drug-likeness (QED) is 0.381. The zero-order valence-corrected chi connectivity index (χ0v) is 8.28. The van der Waals surface area contributed by atoms with Crippen LogP contribution in [0.5, 0.6) is 0 Å². The van der Waals surface area contributed by atoms with Crippen molar-refractivity contribution in [2.45, 2.75) is 52.1 Å². The van der Waals surface area contributed by atoms with E-state index in [4.69, 9.17) is 9.99 Å². The molecule has 1 unspecified atom stereocenters. The van der Waals surface area contributed by atoms with E-state index in [0.29, 0.717) is 0 Å². The third kappa shape index (κ3) is 7.59. The first-order valence-corrected chi connectivity index (χ1v) is 4.76. The summed E-state index contributed by atoms with van der Waals surface area (Å²) in [4.78, 5) is 18.7. The van der Waals surface area contributed by atoms with Crippen LogP contribution in [0, 0.1) is 0 Å². The van der Waals surface area contributed by atoms with Gasteiger partial charge in [0.15, 0.2) is 0 Å². The second kappa shape index (κ2) is 7.86. The van der Waals surface area contributed by atoms with Gasteiger partial charge in [-0.25, -0.2) is 4.79 Å². The molecule has 0 saturated carbocycles. The molecule has 4 heteroatoms. The second-order valence-corrected chi connectivity index (χ2v) is 2.97. The zero-order chi connectivity index (χ0) is 10.1. The van der Waals surface area contributed by atoms with Crippen LogP contribution >= 0.6 is 0 Å². The van der Waals surface area contributed by atoms with Gasteiger partial charge >= 0.3 is 6.16 Å². The van der Waals surface area contributed by atoms with Crippen LogP contribution in [0.2, 0.25) is 0 Å². The predicted molar refractivity (Wildman–Crippen MR) is 48.4 cm³/mol. The van der Waals surface area contributed by atoms with E-state index in [1.54, 1.807) is 0 Å². The first-order chi connectivity index (χ1) is 6.20. The SMILES string of the molecule is CCCCCC(CC)OOC(=O)O. The van der Waals surface area contributed by atoms with E-state index in [2.05, 4.69) is 11.8 Å². The topological polar surface area (TPSA) is 55.8 Å². The molecule has 4 nitrogen and oxygen atoms in total. The third-order valence-corrected chi connectivity index (χ3v) is 1.84. The average molecular weight is 190 g/mol. The van der Waals surface area contributed by atoms with Gasteiger partial charge in [-0.05, 0) is 12.8 Å². The van der Waals surface area contributed by atoms with Gasteiger partial charge in [-0.15, -0.1) is 0 Å². The predicted octanol–water partition coefficient (Wildman–Crippen LogP) is 2.97. The van der Waals surface area contributed by atoms with Gasteiger partial charge < -0.3 is 5.11 Å². The molecule has 0 radical (unpaired) electrons.